The Morgan fingerprint density at radius 3 is 1.92 bits per heavy atom. The van der Waals surface area contributed by atoms with Crippen molar-refractivity contribution >= 4 is 40.2 Å². The predicted octanol–water partition coefficient (Wildman–Crippen LogP) is 6.19. The predicted molar refractivity (Wildman–Crippen MR) is 159 cm³/mol. The molecule has 0 saturated heterocycles. The van der Waals surface area contributed by atoms with E-state index in [4.69, 9.17) is 0 Å². The third-order valence-electron chi connectivity index (χ3n) is 7.43. The summed E-state index contributed by atoms with van der Waals surface area (Å²) in [6.07, 6.45) is 5.69. The number of hydrogen-bond donors (Lipinski definition) is 0. The zero-order chi connectivity index (χ0) is 25.6. The van der Waals surface area contributed by atoms with E-state index < -0.39 is 7.26 Å². The van der Waals surface area contributed by atoms with Gasteiger partial charge in [0.15, 0.2) is 5.78 Å². The van der Waals surface area contributed by atoms with Gasteiger partial charge in [0, 0.05) is 48.6 Å². The van der Waals surface area contributed by atoms with Gasteiger partial charge < -0.3 is 4.90 Å². The maximum Gasteiger partial charge on any atom is 0.182 e. The Balaban J connectivity index is 1.84. The smallest absolute Gasteiger partial charge is 0.182 e. The van der Waals surface area contributed by atoms with Crippen LogP contribution in [0.15, 0.2) is 132 Å². The molecule has 0 unspecified atom stereocenters. The molecular formula is C34H29NOP+. The van der Waals surface area contributed by atoms with E-state index in [1.165, 1.54) is 38.2 Å². The fraction of sp³-hybridized carbons (Fsp3) is 0.0882. The molecule has 0 aromatic heterocycles. The Bertz CT molecular complexity index is 1570. The molecule has 0 fully saturated rings. The normalized spacial score (nSPS) is 15.6. The van der Waals surface area contributed by atoms with Crippen LogP contribution in [0.3, 0.4) is 0 Å². The number of hydrogen-bond acceptors (Lipinski definition) is 2. The van der Waals surface area contributed by atoms with Crippen molar-refractivity contribution in [2.45, 2.75) is 6.92 Å². The van der Waals surface area contributed by atoms with Gasteiger partial charge in [0.05, 0.1) is 0 Å². The summed E-state index contributed by atoms with van der Waals surface area (Å²) >= 11 is 0. The lowest BCUT2D eigenvalue weighted by molar-refractivity contribution is -0.110. The van der Waals surface area contributed by atoms with Gasteiger partial charge in [0.1, 0.15) is 28.5 Å². The maximum absolute atomic E-state index is 13.1. The molecule has 0 amide bonds. The first-order valence-corrected chi connectivity index (χ1v) is 14.4. The summed E-state index contributed by atoms with van der Waals surface area (Å²) in [5, 5.41) is 4.95. The number of nitrogens with zero attached hydrogens (tertiary/aromatic N) is 1. The number of benzene rings is 4. The van der Waals surface area contributed by atoms with E-state index in [9.17, 15) is 4.79 Å². The van der Waals surface area contributed by atoms with Crippen LogP contribution in [0.4, 0.5) is 5.69 Å². The van der Waals surface area contributed by atoms with E-state index in [1.54, 1.807) is 6.08 Å². The number of fused-ring (bicyclic) bond motifs is 2. The van der Waals surface area contributed by atoms with Crippen LogP contribution in [0.1, 0.15) is 16.7 Å². The Morgan fingerprint density at radius 2 is 1.30 bits per heavy atom. The zero-order valence-electron chi connectivity index (χ0n) is 21.3. The quantitative estimate of drug-likeness (QED) is 0.313. The van der Waals surface area contributed by atoms with Gasteiger partial charge in [0.25, 0.3) is 0 Å². The number of aryl methyl sites for hydroxylation is 1. The molecule has 2 nitrogen and oxygen atoms in total. The zero-order valence-corrected chi connectivity index (χ0v) is 22.2. The number of rotatable bonds is 4. The first-order chi connectivity index (χ1) is 18.0. The molecule has 0 saturated carbocycles. The molecule has 6 rings (SSSR count). The summed E-state index contributed by atoms with van der Waals surface area (Å²) in [5.74, 6) is 0.0475. The summed E-state index contributed by atoms with van der Waals surface area (Å²) in [6, 6.07) is 37.0. The Kier molecular flexibility index (Phi) is 5.78. The van der Waals surface area contributed by atoms with Gasteiger partial charge in [-0.1, -0.05) is 60.7 Å². The van der Waals surface area contributed by atoms with Gasteiger partial charge in [-0.25, -0.2) is 0 Å². The minimum absolute atomic E-state index is 0.0475. The second kappa shape index (κ2) is 9.14. The maximum atomic E-state index is 13.1. The van der Waals surface area contributed by atoms with Crippen LogP contribution < -0.4 is 20.8 Å². The highest BCUT2D eigenvalue weighted by Crippen LogP contribution is 2.69. The summed E-state index contributed by atoms with van der Waals surface area (Å²) < 4.78 is 0. The van der Waals surface area contributed by atoms with Crippen LogP contribution in [-0.2, 0) is 4.79 Å². The van der Waals surface area contributed by atoms with Gasteiger partial charge in [-0.2, -0.15) is 0 Å². The Morgan fingerprint density at radius 1 is 0.676 bits per heavy atom. The van der Waals surface area contributed by atoms with Crippen molar-refractivity contribution in [3.05, 3.63) is 149 Å². The van der Waals surface area contributed by atoms with Gasteiger partial charge in [-0.3, -0.25) is 4.79 Å². The van der Waals surface area contributed by atoms with Crippen LogP contribution in [-0.4, -0.2) is 19.9 Å². The lowest BCUT2D eigenvalue weighted by Crippen LogP contribution is -2.38. The summed E-state index contributed by atoms with van der Waals surface area (Å²) in [4.78, 5) is 15.3. The van der Waals surface area contributed by atoms with E-state index in [0.717, 1.165) is 16.6 Å². The average molecular weight is 499 g/mol. The monoisotopic (exact) mass is 498 g/mol. The molecule has 37 heavy (non-hydrogen) atoms. The third kappa shape index (κ3) is 3.64. The minimum atomic E-state index is -2.39. The Hall–Kier alpha value is -4.00. The molecule has 0 bridgehead atoms. The lowest BCUT2D eigenvalue weighted by atomic mass is 9.88. The molecule has 0 spiro atoms. The summed E-state index contributed by atoms with van der Waals surface area (Å²) in [7, 11) is 1.79. The number of carbonyl (C=O) groups is 1. The molecule has 3 heteroatoms. The van der Waals surface area contributed by atoms with Crippen molar-refractivity contribution < 1.29 is 4.79 Å². The number of ketones is 1. The van der Waals surface area contributed by atoms with E-state index in [0.29, 0.717) is 0 Å². The largest absolute Gasteiger partial charge is 0.378 e. The van der Waals surface area contributed by atoms with Crippen molar-refractivity contribution in [3.63, 3.8) is 0 Å². The van der Waals surface area contributed by atoms with Crippen LogP contribution in [0.5, 0.6) is 0 Å². The van der Waals surface area contributed by atoms with Gasteiger partial charge in [0.2, 0.25) is 0 Å². The number of carbonyl (C=O) groups excluding carboxylic acids is 1. The highest BCUT2D eigenvalue weighted by molar-refractivity contribution is 7.99. The highest BCUT2D eigenvalue weighted by Gasteiger charge is 2.56. The molecule has 4 aromatic carbocycles. The second-order valence-electron chi connectivity index (χ2n) is 9.81. The molecule has 0 radical (unpaired) electrons. The SMILES string of the molecule is Cc1ccccc1C1=C2C=CC(=O)C=C2[P+](c2ccccc2)(c2ccccc2)c2cc(N(C)C)ccc21. The van der Waals surface area contributed by atoms with E-state index in [2.05, 4.69) is 135 Å². The number of anilines is 1. The molecule has 4 aromatic rings. The van der Waals surface area contributed by atoms with Crippen molar-refractivity contribution in [3.8, 4) is 0 Å². The molecule has 0 atom stereocenters. The number of allylic oxidation sites excluding steroid dienone is 5. The minimum Gasteiger partial charge on any atom is -0.378 e. The highest BCUT2D eigenvalue weighted by atomic mass is 31.2. The summed E-state index contributed by atoms with van der Waals surface area (Å²) in [5.41, 5.74) is 7.19. The lowest BCUT2D eigenvalue weighted by Gasteiger charge is -2.37. The molecule has 2 aliphatic rings. The van der Waals surface area contributed by atoms with Crippen LogP contribution in [0.25, 0.3) is 5.57 Å². The van der Waals surface area contributed by atoms with E-state index >= 15 is 0 Å². The Labute approximate surface area is 219 Å². The van der Waals surface area contributed by atoms with Crippen LogP contribution >= 0.6 is 7.26 Å². The molecular weight excluding hydrogens is 469 g/mol. The van der Waals surface area contributed by atoms with Crippen molar-refractivity contribution in [1.82, 2.24) is 0 Å². The average Bonchev–Trinajstić information content (AvgIpc) is 2.93. The van der Waals surface area contributed by atoms with E-state index in [-0.39, 0.29) is 5.78 Å². The third-order valence-corrected chi connectivity index (χ3v) is 11.8. The second-order valence-corrected chi connectivity index (χ2v) is 13.1. The fourth-order valence-corrected chi connectivity index (χ4v) is 10.4. The van der Waals surface area contributed by atoms with Crippen LogP contribution in [0.2, 0.25) is 0 Å². The van der Waals surface area contributed by atoms with Crippen LogP contribution in [0, 0.1) is 6.92 Å². The van der Waals surface area contributed by atoms with Gasteiger partial charge >= 0.3 is 0 Å². The molecule has 1 aliphatic carbocycles. The van der Waals surface area contributed by atoms with Crippen molar-refractivity contribution in [2.24, 2.45) is 0 Å². The van der Waals surface area contributed by atoms with Crippen molar-refractivity contribution in [1.29, 1.82) is 0 Å². The first kappa shape index (κ1) is 23.4. The molecule has 1 heterocycles. The van der Waals surface area contributed by atoms with Gasteiger partial charge in [-0.15, -0.1) is 0 Å². The summed E-state index contributed by atoms with van der Waals surface area (Å²) in [6.45, 7) is 2.17. The standard InChI is InChI=1S/C34H29NOP/c1-24-12-10-11-17-29(24)34-30-20-18-25(35(2)3)22-32(30)37(27-13-6-4-7-14-27,28-15-8-5-9-16-28)33-23-26(36)19-21-31(33)34/h4-23H,1-3H3/q+1. The van der Waals surface area contributed by atoms with Gasteiger partial charge in [-0.05, 0) is 66.6 Å². The molecule has 0 N–H and O–H groups in total. The molecule has 180 valence electrons. The van der Waals surface area contributed by atoms with E-state index in [1.807, 2.05) is 6.08 Å². The fourth-order valence-electron chi connectivity index (χ4n) is 5.71. The molecule has 1 aliphatic heterocycles. The topological polar surface area (TPSA) is 20.3 Å². The first-order valence-electron chi connectivity index (χ1n) is 12.6. The van der Waals surface area contributed by atoms with Crippen molar-refractivity contribution in [2.75, 3.05) is 19.0 Å².